The van der Waals surface area contributed by atoms with Crippen molar-refractivity contribution < 1.29 is 9.21 Å². The molecule has 5 heteroatoms. The van der Waals surface area contributed by atoms with Gasteiger partial charge in [-0.1, -0.05) is 42.5 Å². The Morgan fingerprint density at radius 3 is 2.56 bits per heavy atom. The van der Waals surface area contributed by atoms with Gasteiger partial charge in [0.15, 0.2) is 0 Å². The van der Waals surface area contributed by atoms with Crippen molar-refractivity contribution in [1.82, 2.24) is 4.90 Å². The van der Waals surface area contributed by atoms with Crippen LogP contribution < -0.4 is 5.63 Å². The molecule has 0 spiro atoms. The van der Waals surface area contributed by atoms with E-state index in [0.29, 0.717) is 22.4 Å². The van der Waals surface area contributed by atoms with Crippen LogP contribution in [0.25, 0.3) is 21.1 Å². The summed E-state index contributed by atoms with van der Waals surface area (Å²) in [5.74, 6) is -0.103. The van der Waals surface area contributed by atoms with Gasteiger partial charge in [-0.2, -0.15) is 0 Å². The lowest BCUT2D eigenvalue weighted by molar-refractivity contribution is 0.0790. The van der Waals surface area contributed by atoms with E-state index < -0.39 is 5.63 Å². The maximum atomic E-state index is 12.8. The summed E-state index contributed by atoms with van der Waals surface area (Å²) in [6, 6.07) is 18.8. The van der Waals surface area contributed by atoms with Gasteiger partial charge in [-0.05, 0) is 23.8 Å². The fourth-order valence-electron chi connectivity index (χ4n) is 2.86. The third-order valence-corrected chi connectivity index (χ3v) is 5.26. The van der Waals surface area contributed by atoms with Crippen LogP contribution in [0.15, 0.2) is 69.9 Å². The van der Waals surface area contributed by atoms with Crippen molar-refractivity contribution in [2.24, 2.45) is 0 Å². The molecule has 2 aromatic carbocycles. The molecule has 0 unspecified atom stereocenters. The second-order valence-corrected chi connectivity index (χ2v) is 6.94. The zero-order valence-corrected chi connectivity index (χ0v) is 14.4. The number of carbonyl (C=O) groups is 1. The molecular formula is C20H15NO3S. The first-order valence-electron chi connectivity index (χ1n) is 7.88. The minimum atomic E-state index is -0.408. The van der Waals surface area contributed by atoms with Gasteiger partial charge in [0, 0.05) is 19.0 Å². The van der Waals surface area contributed by atoms with Gasteiger partial charge in [0.25, 0.3) is 5.91 Å². The highest BCUT2D eigenvalue weighted by molar-refractivity contribution is 7.21. The summed E-state index contributed by atoms with van der Waals surface area (Å²) in [6.45, 7) is 0.517. The lowest BCUT2D eigenvalue weighted by Gasteiger charge is -2.16. The predicted molar refractivity (Wildman–Crippen MR) is 100 cm³/mol. The first-order chi connectivity index (χ1) is 12.1. The molecular weight excluding hydrogens is 334 g/mol. The number of hydrogen-bond donors (Lipinski definition) is 0. The van der Waals surface area contributed by atoms with E-state index in [1.807, 2.05) is 48.5 Å². The fourth-order valence-corrected chi connectivity index (χ4v) is 4.03. The van der Waals surface area contributed by atoms with Crippen molar-refractivity contribution in [3.05, 3.63) is 81.5 Å². The monoisotopic (exact) mass is 349 g/mol. The molecule has 4 nitrogen and oxygen atoms in total. The van der Waals surface area contributed by atoms with Crippen LogP contribution in [-0.4, -0.2) is 17.9 Å². The average molecular weight is 349 g/mol. The third kappa shape index (κ3) is 2.83. The summed E-state index contributed by atoms with van der Waals surface area (Å²) < 4.78 is 6.15. The summed E-state index contributed by atoms with van der Waals surface area (Å²) >= 11 is 1.34. The van der Waals surface area contributed by atoms with Gasteiger partial charge in [-0.25, -0.2) is 4.79 Å². The lowest BCUT2D eigenvalue weighted by atomic mass is 10.2. The van der Waals surface area contributed by atoms with Gasteiger partial charge in [-0.15, -0.1) is 11.3 Å². The van der Waals surface area contributed by atoms with Crippen molar-refractivity contribution in [3.63, 3.8) is 0 Å². The molecule has 0 bridgehead atoms. The summed E-state index contributed by atoms with van der Waals surface area (Å²) in [7, 11) is 1.76. The maximum Gasteiger partial charge on any atom is 0.345 e. The number of hydrogen-bond acceptors (Lipinski definition) is 4. The number of nitrogens with zero attached hydrogens (tertiary/aromatic N) is 1. The van der Waals surface area contributed by atoms with Crippen molar-refractivity contribution in [3.8, 4) is 0 Å². The molecule has 0 radical (unpaired) electrons. The zero-order chi connectivity index (χ0) is 17.4. The van der Waals surface area contributed by atoms with E-state index in [1.54, 1.807) is 24.1 Å². The molecule has 0 aliphatic carbocycles. The van der Waals surface area contributed by atoms with Gasteiger partial charge in [0.2, 0.25) is 0 Å². The molecule has 0 saturated carbocycles. The molecule has 0 saturated heterocycles. The molecule has 1 amide bonds. The highest BCUT2D eigenvalue weighted by atomic mass is 32.1. The van der Waals surface area contributed by atoms with E-state index in [-0.39, 0.29) is 5.91 Å². The Morgan fingerprint density at radius 1 is 1.04 bits per heavy atom. The van der Waals surface area contributed by atoms with Crippen LogP contribution in [0.4, 0.5) is 0 Å². The Kier molecular flexibility index (Phi) is 3.86. The summed E-state index contributed by atoms with van der Waals surface area (Å²) in [4.78, 5) is 27.2. The quantitative estimate of drug-likeness (QED) is 0.519. The minimum absolute atomic E-state index is 0.103. The van der Waals surface area contributed by atoms with Crippen molar-refractivity contribution in [1.29, 1.82) is 0 Å². The Morgan fingerprint density at radius 2 is 1.76 bits per heavy atom. The topological polar surface area (TPSA) is 50.5 Å². The maximum absolute atomic E-state index is 12.8. The van der Waals surface area contributed by atoms with Crippen LogP contribution in [0.1, 0.15) is 15.2 Å². The first-order valence-corrected chi connectivity index (χ1v) is 8.70. The number of rotatable bonds is 3. The standard InChI is InChI=1S/C20H15NO3S/c1-21(12-13-7-3-2-4-8-13)19(22)17-11-15-18(25-17)14-9-5-6-10-16(14)24-20(15)23/h2-11H,12H2,1H3. The molecule has 25 heavy (non-hydrogen) atoms. The van der Waals surface area contributed by atoms with Gasteiger partial charge < -0.3 is 9.32 Å². The van der Waals surface area contributed by atoms with Gasteiger partial charge in [0.05, 0.1) is 15.0 Å². The van der Waals surface area contributed by atoms with Gasteiger partial charge >= 0.3 is 5.63 Å². The number of benzene rings is 2. The van der Waals surface area contributed by atoms with Crippen molar-refractivity contribution in [2.45, 2.75) is 6.54 Å². The molecule has 0 N–H and O–H groups in total. The zero-order valence-electron chi connectivity index (χ0n) is 13.6. The average Bonchev–Trinajstić information content (AvgIpc) is 3.08. The molecule has 124 valence electrons. The van der Waals surface area contributed by atoms with E-state index >= 15 is 0 Å². The van der Waals surface area contributed by atoms with Crippen LogP contribution in [0.2, 0.25) is 0 Å². The van der Waals surface area contributed by atoms with Gasteiger partial charge in [0.1, 0.15) is 5.58 Å². The predicted octanol–water partition coefficient (Wildman–Crippen LogP) is 4.28. The number of fused-ring (bicyclic) bond motifs is 3. The lowest BCUT2D eigenvalue weighted by Crippen LogP contribution is -2.25. The SMILES string of the molecule is CN(Cc1ccccc1)C(=O)c1cc2c(=O)oc3ccccc3c2s1. The van der Waals surface area contributed by atoms with E-state index in [1.165, 1.54) is 11.3 Å². The van der Waals surface area contributed by atoms with E-state index in [2.05, 4.69) is 0 Å². The normalized spacial score (nSPS) is 11.1. The van der Waals surface area contributed by atoms with Gasteiger partial charge in [-0.3, -0.25) is 4.79 Å². The number of carbonyl (C=O) groups excluding carboxylic acids is 1. The third-order valence-electron chi connectivity index (χ3n) is 4.11. The Hall–Kier alpha value is -2.92. The summed E-state index contributed by atoms with van der Waals surface area (Å²) in [5, 5.41) is 1.31. The molecule has 0 atom stereocenters. The summed E-state index contributed by atoms with van der Waals surface area (Å²) in [5.41, 5.74) is 1.19. The molecule has 2 aromatic heterocycles. The molecule has 0 aliphatic rings. The largest absolute Gasteiger partial charge is 0.422 e. The van der Waals surface area contributed by atoms with E-state index in [0.717, 1.165) is 15.6 Å². The molecule has 0 fully saturated rings. The number of amides is 1. The number of thiophene rings is 1. The fraction of sp³-hybridized carbons (Fsp3) is 0.100. The van der Waals surface area contributed by atoms with E-state index in [9.17, 15) is 9.59 Å². The van der Waals surface area contributed by atoms with Crippen molar-refractivity contribution >= 4 is 38.3 Å². The van der Waals surface area contributed by atoms with Crippen LogP contribution in [0, 0.1) is 0 Å². The van der Waals surface area contributed by atoms with Crippen LogP contribution >= 0.6 is 11.3 Å². The highest BCUT2D eigenvalue weighted by Gasteiger charge is 2.18. The first kappa shape index (κ1) is 15.6. The molecule has 4 rings (SSSR count). The molecule has 0 aliphatic heterocycles. The van der Waals surface area contributed by atoms with Crippen molar-refractivity contribution in [2.75, 3.05) is 7.05 Å². The summed E-state index contributed by atoms with van der Waals surface area (Å²) in [6.07, 6.45) is 0. The van der Waals surface area contributed by atoms with Crippen LogP contribution in [0.3, 0.4) is 0 Å². The Labute approximate surface area is 147 Å². The second kappa shape index (κ2) is 6.18. The van der Waals surface area contributed by atoms with E-state index in [4.69, 9.17) is 4.42 Å². The minimum Gasteiger partial charge on any atom is -0.422 e. The highest BCUT2D eigenvalue weighted by Crippen LogP contribution is 2.31. The Bertz CT molecular complexity index is 1130. The molecule has 4 aromatic rings. The van der Waals surface area contributed by atoms with Crippen LogP contribution in [0.5, 0.6) is 0 Å². The Balaban J connectivity index is 1.74. The second-order valence-electron chi connectivity index (χ2n) is 5.89. The van der Waals surface area contributed by atoms with Crippen LogP contribution in [-0.2, 0) is 6.54 Å². The smallest absolute Gasteiger partial charge is 0.345 e. The molecule has 2 heterocycles. The number of para-hydroxylation sites is 1.